The lowest BCUT2D eigenvalue weighted by Crippen LogP contribution is -2.26. The monoisotopic (exact) mass is 181 g/mol. The van der Waals surface area contributed by atoms with Gasteiger partial charge in [0, 0.05) is 19.1 Å². The molecule has 0 amide bonds. The number of hydrogen-bond acceptors (Lipinski definition) is 2. The topological polar surface area (TPSA) is 32.3 Å². The summed E-state index contributed by atoms with van der Waals surface area (Å²) in [6.07, 6.45) is 0.761. The zero-order chi connectivity index (χ0) is 9.26. The molecule has 2 rings (SSSR count). The smallest absolute Gasteiger partial charge is 0.146 e. The average molecular weight is 181 g/mol. The molecular formula is C10H12FNO. The molecule has 13 heavy (non-hydrogen) atoms. The van der Waals surface area contributed by atoms with Crippen LogP contribution in [0.3, 0.4) is 0 Å². The number of aliphatic hydroxyl groups excluding tert-OH is 1. The van der Waals surface area contributed by atoms with Crippen LogP contribution in [0, 0.1) is 11.7 Å². The first-order valence-corrected chi connectivity index (χ1v) is 4.43. The Bertz CT molecular complexity index is 314. The molecule has 0 bridgehead atoms. The molecule has 1 atom stereocenters. The van der Waals surface area contributed by atoms with E-state index >= 15 is 0 Å². The lowest BCUT2D eigenvalue weighted by molar-refractivity contribution is 0.230. The van der Waals surface area contributed by atoms with Crippen LogP contribution in [-0.4, -0.2) is 18.3 Å². The second kappa shape index (κ2) is 3.34. The molecule has 0 aliphatic carbocycles. The van der Waals surface area contributed by atoms with Gasteiger partial charge in [-0.05, 0) is 18.1 Å². The fourth-order valence-corrected chi connectivity index (χ4v) is 1.70. The molecule has 0 saturated heterocycles. The Morgan fingerprint density at radius 3 is 3.15 bits per heavy atom. The van der Waals surface area contributed by atoms with Crippen molar-refractivity contribution in [3.05, 3.63) is 29.6 Å². The summed E-state index contributed by atoms with van der Waals surface area (Å²) in [4.78, 5) is 0. The van der Waals surface area contributed by atoms with E-state index in [0.717, 1.165) is 12.0 Å². The molecule has 0 aromatic heterocycles. The minimum Gasteiger partial charge on any atom is -0.396 e. The predicted molar refractivity (Wildman–Crippen MR) is 49.2 cm³/mol. The van der Waals surface area contributed by atoms with Gasteiger partial charge in [-0.25, -0.2) is 4.39 Å². The van der Waals surface area contributed by atoms with E-state index in [4.69, 9.17) is 5.11 Å². The highest BCUT2D eigenvalue weighted by Gasteiger charge is 2.19. The van der Waals surface area contributed by atoms with Crippen molar-refractivity contribution in [3.8, 4) is 0 Å². The van der Waals surface area contributed by atoms with Gasteiger partial charge >= 0.3 is 0 Å². The van der Waals surface area contributed by atoms with Gasteiger partial charge in [-0.2, -0.15) is 0 Å². The molecule has 0 fully saturated rings. The van der Waals surface area contributed by atoms with Crippen molar-refractivity contribution >= 4 is 5.69 Å². The van der Waals surface area contributed by atoms with Crippen LogP contribution in [0.2, 0.25) is 0 Å². The molecule has 3 heteroatoms. The van der Waals surface area contributed by atoms with Crippen LogP contribution in [0.25, 0.3) is 0 Å². The summed E-state index contributed by atoms with van der Waals surface area (Å²) in [6.45, 7) is 0.813. The summed E-state index contributed by atoms with van der Waals surface area (Å²) < 4.78 is 13.2. The fourth-order valence-electron chi connectivity index (χ4n) is 1.70. The Morgan fingerprint density at radius 2 is 2.38 bits per heavy atom. The van der Waals surface area contributed by atoms with Crippen LogP contribution in [0.15, 0.2) is 18.2 Å². The van der Waals surface area contributed by atoms with Crippen molar-refractivity contribution in [2.45, 2.75) is 6.42 Å². The maximum Gasteiger partial charge on any atom is 0.146 e. The largest absolute Gasteiger partial charge is 0.396 e. The Kier molecular flexibility index (Phi) is 2.19. The van der Waals surface area contributed by atoms with E-state index in [1.165, 1.54) is 6.07 Å². The number of para-hydroxylation sites is 1. The minimum absolute atomic E-state index is 0.156. The standard InChI is InChI=1S/C10H12FNO/c11-9-3-1-2-8-4-7(6-13)5-12-10(8)9/h1-3,7,12-13H,4-6H2/t7-/m1/s1. The highest BCUT2D eigenvalue weighted by molar-refractivity contribution is 5.54. The maximum absolute atomic E-state index is 13.2. The number of halogens is 1. The molecular weight excluding hydrogens is 169 g/mol. The van der Waals surface area contributed by atoms with Gasteiger partial charge in [0.25, 0.3) is 0 Å². The Hall–Kier alpha value is -1.09. The van der Waals surface area contributed by atoms with Crippen molar-refractivity contribution in [3.63, 3.8) is 0 Å². The Balaban J connectivity index is 2.31. The number of nitrogens with one attached hydrogen (secondary N) is 1. The van der Waals surface area contributed by atoms with Crippen molar-refractivity contribution < 1.29 is 9.50 Å². The maximum atomic E-state index is 13.2. The summed E-state index contributed by atoms with van der Waals surface area (Å²) in [5.74, 6) is 0.0168. The summed E-state index contributed by atoms with van der Waals surface area (Å²) in [7, 11) is 0. The zero-order valence-corrected chi connectivity index (χ0v) is 7.26. The molecule has 0 unspecified atom stereocenters. The van der Waals surface area contributed by atoms with Gasteiger partial charge in [-0.3, -0.25) is 0 Å². The highest BCUT2D eigenvalue weighted by atomic mass is 19.1. The highest BCUT2D eigenvalue weighted by Crippen LogP contribution is 2.26. The molecule has 1 aliphatic rings. The third kappa shape index (κ3) is 1.52. The molecule has 1 aromatic carbocycles. The second-order valence-corrected chi connectivity index (χ2v) is 3.41. The van der Waals surface area contributed by atoms with E-state index in [2.05, 4.69) is 5.32 Å². The van der Waals surface area contributed by atoms with Gasteiger partial charge < -0.3 is 10.4 Å². The van der Waals surface area contributed by atoms with Crippen LogP contribution < -0.4 is 5.32 Å². The van der Waals surface area contributed by atoms with Gasteiger partial charge in [0.05, 0.1) is 5.69 Å². The summed E-state index contributed by atoms with van der Waals surface area (Å²) in [5.41, 5.74) is 1.57. The number of aliphatic hydroxyl groups is 1. The number of fused-ring (bicyclic) bond motifs is 1. The molecule has 0 radical (unpaired) electrons. The summed E-state index contributed by atoms with van der Waals surface area (Å²) >= 11 is 0. The van der Waals surface area contributed by atoms with Crippen molar-refractivity contribution in [1.29, 1.82) is 0 Å². The van der Waals surface area contributed by atoms with E-state index in [1.807, 2.05) is 6.07 Å². The van der Waals surface area contributed by atoms with E-state index in [1.54, 1.807) is 6.07 Å². The molecule has 0 saturated carbocycles. The normalized spacial score (nSPS) is 20.6. The summed E-state index contributed by atoms with van der Waals surface area (Å²) in [5, 5.41) is 11.9. The Labute approximate surface area is 76.4 Å². The number of anilines is 1. The van der Waals surface area contributed by atoms with Crippen molar-refractivity contribution in [2.24, 2.45) is 5.92 Å². The Morgan fingerprint density at radius 1 is 1.54 bits per heavy atom. The minimum atomic E-state index is -0.200. The lowest BCUT2D eigenvalue weighted by atomic mass is 9.94. The van der Waals surface area contributed by atoms with Crippen LogP contribution in [0.5, 0.6) is 0 Å². The van der Waals surface area contributed by atoms with Gasteiger partial charge in [-0.1, -0.05) is 12.1 Å². The summed E-state index contributed by atoms with van der Waals surface area (Å²) in [6, 6.07) is 5.05. The van der Waals surface area contributed by atoms with Crippen molar-refractivity contribution in [1.82, 2.24) is 0 Å². The van der Waals surface area contributed by atoms with Crippen LogP contribution in [0.4, 0.5) is 10.1 Å². The number of rotatable bonds is 1. The fraction of sp³-hybridized carbons (Fsp3) is 0.400. The van der Waals surface area contributed by atoms with Crippen LogP contribution >= 0.6 is 0 Å². The third-order valence-corrected chi connectivity index (χ3v) is 2.43. The van der Waals surface area contributed by atoms with Gasteiger partial charge in [0.2, 0.25) is 0 Å². The van der Waals surface area contributed by atoms with Crippen molar-refractivity contribution in [2.75, 3.05) is 18.5 Å². The quantitative estimate of drug-likeness (QED) is 0.686. The zero-order valence-electron chi connectivity index (χ0n) is 7.26. The first kappa shape index (κ1) is 8.51. The first-order valence-electron chi connectivity index (χ1n) is 4.43. The molecule has 1 aromatic rings. The van der Waals surface area contributed by atoms with Gasteiger partial charge in [0.1, 0.15) is 5.82 Å². The van der Waals surface area contributed by atoms with E-state index in [9.17, 15) is 4.39 Å². The van der Waals surface area contributed by atoms with Crippen LogP contribution in [0.1, 0.15) is 5.56 Å². The van der Waals surface area contributed by atoms with E-state index in [0.29, 0.717) is 12.2 Å². The molecule has 2 N–H and O–H groups in total. The lowest BCUT2D eigenvalue weighted by Gasteiger charge is -2.24. The van der Waals surface area contributed by atoms with Gasteiger partial charge in [-0.15, -0.1) is 0 Å². The van der Waals surface area contributed by atoms with Crippen LogP contribution in [-0.2, 0) is 6.42 Å². The van der Waals surface area contributed by atoms with E-state index < -0.39 is 0 Å². The SMILES string of the molecule is OC[C@H]1CNc2c(F)cccc2C1. The number of hydrogen-bond donors (Lipinski definition) is 2. The molecule has 0 spiro atoms. The molecule has 1 heterocycles. The predicted octanol–water partition coefficient (Wildman–Crippen LogP) is 1.40. The first-order chi connectivity index (χ1) is 6.31. The molecule has 2 nitrogen and oxygen atoms in total. The molecule has 70 valence electrons. The van der Waals surface area contributed by atoms with Gasteiger partial charge in [0.15, 0.2) is 0 Å². The third-order valence-electron chi connectivity index (χ3n) is 2.43. The average Bonchev–Trinajstić information content (AvgIpc) is 2.18. The van der Waals surface area contributed by atoms with E-state index in [-0.39, 0.29) is 18.3 Å². The second-order valence-electron chi connectivity index (χ2n) is 3.41. The number of benzene rings is 1. The molecule has 1 aliphatic heterocycles.